The van der Waals surface area contributed by atoms with E-state index in [1.54, 1.807) is 6.92 Å². The lowest BCUT2D eigenvalue weighted by Crippen LogP contribution is -2.30. The molecule has 102 valence electrons. The minimum Gasteiger partial charge on any atom is -0.465 e. The third-order valence-corrected chi connectivity index (χ3v) is 2.51. The van der Waals surface area contributed by atoms with E-state index in [9.17, 15) is 19.7 Å². The van der Waals surface area contributed by atoms with Gasteiger partial charge >= 0.3 is 5.97 Å². The maximum atomic E-state index is 11.7. The molecule has 0 saturated heterocycles. The zero-order chi connectivity index (χ0) is 14.4. The molecule has 0 spiro atoms. The van der Waals surface area contributed by atoms with Crippen molar-refractivity contribution in [2.24, 2.45) is 0 Å². The molecule has 1 rings (SSSR count). The number of esters is 1. The Bertz CT molecular complexity index is 518. The third kappa shape index (κ3) is 4.66. The van der Waals surface area contributed by atoms with Crippen LogP contribution < -0.4 is 5.32 Å². The van der Waals surface area contributed by atoms with Crippen LogP contribution in [0.3, 0.4) is 0 Å². The summed E-state index contributed by atoms with van der Waals surface area (Å²) in [6.45, 7) is 1.58. The van der Waals surface area contributed by atoms with Gasteiger partial charge in [0.05, 0.1) is 11.5 Å². The van der Waals surface area contributed by atoms with Crippen molar-refractivity contribution in [3.63, 3.8) is 0 Å². The highest BCUT2D eigenvalue weighted by Gasteiger charge is 2.14. The van der Waals surface area contributed by atoms with Gasteiger partial charge in [-0.15, -0.1) is 0 Å². The van der Waals surface area contributed by atoms with Crippen molar-refractivity contribution in [1.29, 1.82) is 0 Å². The van der Waals surface area contributed by atoms with Crippen LogP contribution in [0.15, 0.2) is 22.7 Å². The highest BCUT2D eigenvalue weighted by atomic mass is 79.9. The molecule has 0 aliphatic rings. The quantitative estimate of drug-likeness (QED) is 0.502. The number of halogens is 1. The van der Waals surface area contributed by atoms with Gasteiger partial charge < -0.3 is 10.1 Å². The van der Waals surface area contributed by atoms with Crippen LogP contribution in [0.25, 0.3) is 0 Å². The minimum absolute atomic E-state index is 0.0883. The van der Waals surface area contributed by atoms with Crippen molar-refractivity contribution in [2.45, 2.75) is 6.92 Å². The van der Waals surface area contributed by atoms with E-state index in [2.05, 4.69) is 26.0 Å². The number of nitro benzene ring substituents is 1. The Morgan fingerprint density at radius 2 is 2.11 bits per heavy atom. The summed E-state index contributed by atoms with van der Waals surface area (Å²) in [5.41, 5.74) is -0.124. The average molecular weight is 331 g/mol. The highest BCUT2D eigenvalue weighted by Crippen LogP contribution is 2.21. The fraction of sp³-hybridized carbons (Fsp3) is 0.273. The van der Waals surface area contributed by atoms with E-state index in [1.165, 1.54) is 12.1 Å². The molecule has 0 unspecified atom stereocenters. The first-order valence-electron chi connectivity index (χ1n) is 5.33. The molecule has 7 nitrogen and oxygen atoms in total. The van der Waals surface area contributed by atoms with Crippen molar-refractivity contribution in [3.8, 4) is 0 Å². The van der Waals surface area contributed by atoms with Crippen LogP contribution in [0.2, 0.25) is 0 Å². The summed E-state index contributed by atoms with van der Waals surface area (Å²) in [7, 11) is 0. The normalized spacial score (nSPS) is 9.79. The van der Waals surface area contributed by atoms with Gasteiger partial charge in [0.2, 0.25) is 0 Å². The topological polar surface area (TPSA) is 98.5 Å². The summed E-state index contributed by atoms with van der Waals surface area (Å²) in [6, 6.07) is 3.83. The van der Waals surface area contributed by atoms with Gasteiger partial charge in [0.1, 0.15) is 6.54 Å². The number of nitrogens with zero attached hydrogens (tertiary/aromatic N) is 1. The standard InChI is InChI=1S/C11H11BrN2O5/c1-2-19-10(15)6-13-11(16)7-3-8(12)5-9(4-7)14(17)18/h3-5H,2,6H2,1H3,(H,13,16). The van der Waals surface area contributed by atoms with Gasteiger partial charge in [0, 0.05) is 22.2 Å². The molecule has 0 saturated carbocycles. The van der Waals surface area contributed by atoms with Crippen molar-refractivity contribution < 1.29 is 19.2 Å². The Kier molecular flexibility index (Phi) is 5.43. The van der Waals surface area contributed by atoms with Crippen LogP contribution in [0, 0.1) is 10.1 Å². The lowest BCUT2D eigenvalue weighted by Gasteiger charge is -2.05. The molecular weight excluding hydrogens is 320 g/mol. The van der Waals surface area contributed by atoms with E-state index in [0.29, 0.717) is 4.47 Å². The smallest absolute Gasteiger partial charge is 0.325 e. The number of nitro groups is 1. The summed E-state index contributed by atoms with van der Waals surface area (Å²) in [6.07, 6.45) is 0. The number of hydrogen-bond acceptors (Lipinski definition) is 5. The SMILES string of the molecule is CCOC(=O)CNC(=O)c1cc(Br)cc([N+](=O)[O-])c1. The predicted molar refractivity (Wildman–Crippen MR) is 69.8 cm³/mol. The first kappa shape index (κ1) is 15.1. The van der Waals surface area contributed by atoms with Crippen LogP contribution in [0.1, 0.15) is 17.3 Å². The Morgan fingerprint density at radius 3 is 2.68 bits per heavy atom. The molecule has 1 amide bonds. The fourth-order valence-corrected chi connectivity index (χ4v) is 1.76. The zero-order valence-corrected chi connectivity index (χ0v) is 11.6. The predicted octanol–water partition coefficient (Wildman–Crippen LogP) is 1.65. The second kappa shape index (κ2) is 6.83. The Hall–Kier alpha value is -1.96. The van der Waals surface area contributed by atoms with Crippen LogP contribution in [-0.4, -0.2) is 30.0 Å². The van der Waals surface area contributed by atoms with E-state index in [0.717, 1.165) is 6.07 Å². The molecule has 8 heteroatoms. The number of non-ortho nitro benzene ring substituents is 1. The summed E-state index contributed by atoms with van der Waals surface area (Å²) < 4.78 is 5.05. The van der Waals surface area contributed by atoms with Crippen molar-refractivity contribution >= 4 is 33.5 Å². The molecule has 1 aromatic rings. The largest absolute Gasteiger partial charge is 0.465 e. The number of ether oxygens (including phenoxy) is 1. The first-order chi connectivity index (χ1) is 8.93. The molecule has 0 fully saturated rings. The summed E-state index contributed by atoms with van der Waals surface area (Å²) >= 11 is 3.08. The summed E-state index contributed by atoms with van der Waals surface area (Å²) in [5.74, 6) is -1.15. The second-order valence-electron chi connectivity index (χ2n) is 3.44. The van der Waals surface area contributed by atoms with Crippen LogP contribution >= 0.6 is 15.9 Å². The number of hydrogen-bond donors (Lipinski definition) is 1. The number of carbonyl (C=O) groups excluding carboxylic acids is 2. The van der Waals surface area contributed by atoms with Gasteiger partial charge in [-0.05, 0) is 13.0 Å². The molecule has 1 aromatic carbocycles. The monoisotopic (exact) mass is 330 g/mol. The van der Waals surface area contributed by atoms with Crippen LogP contribution in [-0.2, 0) is 9.53 Å². The Labute approximate surface area is 117 Å². The van der Waals surface area contributed by atoms with Gasteiger partial charge in [-0.2, -0.15) is 0 Å². The van der Waals surface area contributed by atoms with E-state index in [-0.39, 0.29) is 24.4 Å². The third-order valence-electron chi connectivity index (χ3n) is 2.05. The highest BCUT2D eigenvalue weighted by molar-refractivity contribution is 9.10. The van der Waals surface area contributed by atoms with Crippen LogP contribution in [0.5, 0.6) is 0 Å². The molecule has 0 aliphatic carbocycles. The lowest BCUT2D eigenvalue weighted by atomic mass is 10.2. The number of amides is 1. The van der Waals surface area contributed by atoms with Gasteiger partial charge in [-0.1, -0.05) is 15.9 Å². The first-order valence-corrected chi connectivity index (χ1v) is 6.12. The van der Waals surface area contributed by atoms with Crippen molar-refractivity contribution in [2.75, 3.05) is 13.2 Å². The average Bonchev–Trinajstić information content (AvgIpc) is 2.35. The van der Waals surface area contributed by atoms with Crippen molar-refractivity contribution in [1.82, 2.24) is 5.32 Å². The summed E-state index contributed by atoms with van der Waals surface area (Å²) in [5, 5.41) is 13.0. The maximum absolute atomic E-state index is 11.7. The van der Waals surface area contributed by atoms with Gasteiger partial charge in [0.25, 0.3) is 11.6 Å². The zero-order valence-electron chi connectivity index (χ0n) is 10.0. The Morgan fingerprint density at radius 1 is 1.42 bits per heavy atom. The minimum atomic E-state index is -0.604. The van der Waals surface area contributed by atoms with E-state index in [1.807, 2.05) is 0 Å². The van der Waals surface area contributed by atoms with Gasteiger partial charge in [-0.25, -0.2) is 0 Å². The number of nitrogens with one attached hydrogen (secondary N) is 1. The Balaban J connectivity index is 2.77. The lowest BCUT2D eigenvalue weighted by molar-refractivity contribution is -0.385. The van der Waals surface area contributed by atoms with E-state index < -0.39 is 16.8 Å². The van der Waals surface area contributed by atoms with Crippen molar-refractivity contribution in [3.05, 3.63) is 38.3 Å². The molecular formula is C11H11BrN2O5. The number of rotatable bonds is 5. The van der Waals surface area contributed by atoms with Gasteiger partial charge in [0.15, 0.2) is 0 Å². The molecule has 1 N–H and O–H groups in total. The molecule has 0 radical (unpaired) electrons. The van der Waals surface area contributed by atoms with Crippen LogP contribution in [0.4, 0.5) is 5.69 Å². The van der Waals surface area contributed by atoms with E-state index in [4.69, 9.17) is 0 Å². The fourth-order valence-electron chi connectivity index (χ4n) is 1.28. The molecule has 0 aliphatic heterocycles. The molecule has 0 heterocycles. The molecule has 0 bridgehead atoms. The molecule has 0 aromatic heterocycles. The molecule has 19 heavy (non-hydrogen) atoms. The van der Waals surface area contributed by atoms with Gasteiger partial charge in [-0.3, -0.25) is 19.7 Å². The maximum Gasteiger partial charge on any atom is 0.325 e. The number of benzene rings is 1. The van der Waals surface area contributed by atoms with E-state index >= 15 is 0 Å². The molecule has 0 atom stereocenters. The summed E-state index contributed by atoms with van der Waals surface area (Å²) in [4.78, 5) is 32.8. The second-order valence-corrected chi connectivity index (χ2v) is 4.36. The number of carbonyl (C=O) groups is 2.